The number of esters is 1. The second-order valence-corrected chi connectivity index (χ2v) is 14.7. The standard InChI is InChI=1S/C21H34O4Si/c1-13-9-10-16-14(2)11-21(12-15(3)19(22)24-21)23-18(16)17(13)25-26(7,8)20(4,5)6/h9,14,16-18H,3,10-12H2,1-2,4-8H3/t14-,16+,17?,18+,21+/m0/s1. The zero-order chi connectivity index (χ0) is 19.5. The first-order valence-electron chi connectivity index (χ1n) is 9.79. The van der Waals surface area contributed by atoms with Gasteiger partial charge in [-0.05, 0) is 48.9 Å². The Kier molecular flexibility index (Phi) is 4.82. The van der Waals surface area contributed by atoms with Crippen LogP contribution in [0.2, 0.25) is 18.1 Å². The largest absolute Gasteiger partial charge is 0.429 e. The van der Waals surface area contributed by atoms with Gasteiger partial charge in [0.2, 0.25) is 5.79 Å². The average Bonchev–Trinajstić information content (AvgIpc) is 2.74. The zero-order valence-electron chi connectivity index (χ0n) is 17.3. The molecule has 3 aliphatic rings. The number of fused-ring (bicyclic) bond motifs is 1. The molecule has 0 radical (unpaired) electrons. The first-order valence-corrected chi connectivity index (χ1v) is 12.7. The molecular formula is C21H34O4Si. The highest BCUT2D eigenvalue weighted by Crippen LogP contribution is 2.50. The molecule has 0 saturated carbocycles. The maximum absolute atomic E-state index is 12.0. The Bertz CT molecular complexity index is 627. The maximum atomic E-state index is 12.0. The smallest absolute Gasteiger partial charge is 0.336 e. The minimum atomic E-state index is -1.96. The summed E-state index contributed by atoms with van der Waals surface area (Å²) in [5.41, 5.74) is 1.75. The first-order chi connectivity index (χ1) is 11.9. The maximum Gasteiger partial charge on any atom is 0.336 e. The van der Waals surface area contributed by atoms with Gasteiger partial charge in [-0.3, -0.25) is 0 Å². The minimum absolute atomic E-state index is 0.0677. The van der Waals surface area contributed by atoms with Gasteiger partial charge in [0, 0.05) is 18.4 Å². The molecule has 1 unspecified atom stereocenters. The molecule has 0 aromatic heterocycles. The summed E-state index contributed by atoms with van der Waals surface area (Å²) >= 11 is 0. The molecule has 2 fully saturated rings. The molecule has 2 heterocycles. The minimum Gasteiger partial charge on any atom is -0.429 e. The van der Waals surface area contributed by atoms with Crippen LogP contribution in [0.4, 0.5) is 0 Å². The van der Waals surface area contributed by atoms with Gasteiger partial charge in [0.25, 0.3) is 0 Å². The van der Waals surface area contributed by atoms with Crippen LogP contribution >= 0.6 is 0 Å². The molecule has 5 atom stereocenters. The Labute approximate surface area is 159 Å². The lowest BCUT2D eigenvalue weighted by molar-refractivity contribution is -0.287. The lowest BCUT2D eigenvalue weighted by Gasteiger charge is -2.51. The van der Waals surface area contributed by atoms with E-state index in [2.05, 4.69) is 60.4 Å². The Balaban J connectivity index is 1.90. The molecule has 1 spiro atoms. The van der Waals surface area contributed by atoms with E-state index in [1.165, 1.54) is 5.57 Å². The molecule has 0 aromatic carbocycles. The van der Waals surface area contributed by atoms with Crippen LogP contribution in [-0.2, 0) is 18.7 Å². The van der Waals surface area contributed by atoms with Crippen molar-refractivity contribution in [1.82, 2.24) is 0 Å². The van der Waals surface area contributed by atoms with E-state index < -0.39 is 14.1 Å². The summed E-state index contributed by atoms with van der Waals surface area (Å²) in [7, 11) is -1.96. The van der Waals surface area contributed by atoms with Crippen LogP contribution in [-0.4, -0.2) is 32.3 Å². The fourth-order valence-electron chi connectivity index (χ4n) is 4.21. The summed E-state index contributed by atoms with van der Waals surface area (Å²) in [5.74, 6) is -0.365. The Morgan fingerprint density at radius 1 is 1.35 bits per heavy atom. The van der Waals surface area contributed by atoms with Crippen LogP contribution in [0.3, 0.4) is 0 Å². The third kappa shape index (κ3) is 3.34. The highest BCUT2D eigenvalue weighted by Gasteiger charge is 2.56. The van der Waals surface area contributed by atoms with Gasteiger partial charge in [-0.1, -0.05) is 40.3 Å². The van der Waals surface area contributed by atoms with Crippen molar-refractivity contribution in [2.45, 2.75) is 90.0 Å². The van der Waals surface area contributed by atoms with Crippen molar-refractivity contribution in [1.29, 1.82) is 0 Å². The van der Waals surface area contributed by atoms with Crippen LogP contribution < -0.4 is 0 Å². The molecule has 0 amide bonds. The van der Waals surface area contributed by atoms with Crippen LogP contribution in [0.5, 0.6) is 0 Å². The number of hydrogen-bond donors (Lipinski definition) is 0. The molecule has 5 heteroatoms. The number of carbonyl (C=O) groups is 1. The number of allylic oxidation sites excluding steroid dienone is 1. The van der Waals surface area contributed by atoms with E-state index in [1.807, 2.05) is 0 Å². The van der Waals surface area contributed by atoms with Crippen molar-refractivity contribution in [3.8, 4) is 0 Å². The van der Waals surface area contributed by atoms with Crippen molar-refractivity contribution in [3.05, 3.63) is 23.8 Å². The first kappa shape index (κ1) is 19.8. The van der Waals surface area contributed by atoms with Crippen molar-refractivity contribution < 1.29 is 18.7 Å². The molecule has 0 aromatic rings. The normalized spacial score (nSPS) is 38.2. The lowest BCUT2D eigenvalue weighted by Crippen LogP contribution is -2.57. The summed E-state index contributed by atoms with van der Waals surface area (Å²) in [6.45, 7) is 19.6. The Morgan fingerprint density at radius 2 is 2.00 bits per heavy atom. The molecule has 146 valence electrons. The van der Waals surface area contributed by atoms with Gasteiger partial charge in [-0.15, -0.1) is 0 Å². The fraction of sp³-hybridized carbons (Fsp3) is 0.762. The fourth-order valence-corrected chi connectivity index (χ4v) is 5.52. The van der Waals surface area contributed by atoms with Crippen molar-refractivity contribution >= 4 is 14.3 Å². The van der Waals surface area contributed by atoms with Gasteiger partial charge in [0.1, 0.15) is 0 Å². The van der Waals surface area contributed by atoms with Gasteiger partial charge in [-0.25, -0.2) is 4.79 Å². The zero-order valence-corrected chi connectivity index (χ0v) is 18.3. The van der Waals surface area contributed by atoms with Crippen LogP contribution in [0.25, 0.3) is 0 Å². The topological polar surface area (TPSA) is 44.8 Å². The number of hydrogen-bond acceptors (Lipinski definition) is 4. The molecule has 0 bridgehead atoms. The van der Waals surface area contributed by atoms with Gasteiger partial charge >= 0.3 is 5.97 Å². The van der Waals surface area contributed by atoms with E-state index in [4.69, 9.17) is 13.9 Å². The number of rotatable bonds is 2. The Morgan fingerprint density at radius 3 is 2.54 bits per heavy atom. The van der Waals surface area contributed by atoms with E-state index in [1.54, 1.807) is 0 Å². The molecule has 3 rings (SSSR count). The molecule has 2 saturated heterocycles. The lowest BCUT2D eigenvalue weighted by atomic mass is 9.73. The van der Waals surface area contributed by atoms with Crippen LogP contribution in [0.15, 0.2) is 23.8 Å². The second kappa shape index (κ2) is 6.32. The monoisotopic (exact) mass is 378 g/mol. The third-order valence-corrected chi connectivity index (χ3v) is 11.3. The van der Waals surface area contributed by atoms with Gasteiger partial charge in [-0.2, -0.15) is 0 Å². The van der Waals surface area contributed by atoms with Gasteiger partial charge < -0.3 is 13.9 Å². The van der Waals surface area contributed by atoms with Gasteiger partial charge in [0.15, 0.2) is 8.32 Å². The molecular weight excluding hydrogens is 344 g/mol. The van der Waals surface area contributed by atoms with Crippen LogP contribution in [0, 0.1) is 11.8 Å². The number of ether oxygens (including phenoxy) is 2. The Hall–Kier alpha value is -0.913. The van der Waals surface area contributed by atoms with Crippen molar-refractivity contribution in [2.75, 3.05) is 0 Å². The van der Waals surface area contributed by atoms with E-state index in [-0.39, 0.29) is 23.2 Å². The highest BCUT2D eigenvalue weighted by molar-refractivity contribution is 6.74. The van der Waals surface area contributed by atoms with Crippen molar-refractivity contribution in [3.63, 3.8) is 0 Å². The number of carbonyl (C=O) groups excluding carboxylic acids is 1. The predicted molar refractivity (Wildman–Crippen MR) is 105 cm³/mol. The molecule has 4 nitrogen and oxygen atoms in total. The summed E-state index contributed by atoms with van der Waals surface area (Å²) in [6.07, 6.45) is 4.38. The summed E-state index contributed by atoms with van der Waals surface area (Å²) in [5, 5.41) is 0.131. The summed E-state index contributed by atoms with van der Waals surface area (Å²) in [6, 6.07) is 0. The summed E-state index contributed by atoms with van der Waals surface area (Å²) < 4.78 is 19.0. The third-order valence-electron chi connectivity index (χ3n) is 6.87. The van der Waals surface area contributed by atoms with E-state index in [9.17, 15) is 4.79 Å². The van der Waals surface area contributed by atoms with E-state index >= 15 is 0 Å². The summed E-state index contributed by atoms with van der Waals surface area (Å²) in [4.78, 5) is 12.0. The highest BCUT2D eigenvalue weighted by atomic mass is 28.4. The predicted octanol–water partition coefficient (Wildman–Crippen LogP) is 4.97. The van der Waals surface area contributed by atoms with Crippen molar-refractivity contribution in [2.24, 2.45) is 11.8 Å². The molecule has 0 N–H and O–H groups in total. The van der Waals surface area contributed by atoms with Crippen LogP contribution in [0.1, 0.15) is 53.9 Å². The van der Waals surface area contributed by atoms with Gasteiger partial charge in [0.05, 0.1) is 12.2 Å². The van der Waals surface area contributed by atoms with E-state index in [0.717, 1.165) is 12.8 Å². The quantitative estimate of drug-likeness (QED) is 0.295. The molecule has 2 aliphatic heterocycles. The molecule has 1 aliphatic carbocycles. The average molecular weight is 379 g/mol. The second-order valence-electron chi connectivity index (χ2n) is 9.99. The molecule has 26 heavy (non-hydrogen) atoms. The SMILES string of the molecule is C=C1C[C@@]2(C[C@H](C)[C@H]3CC=C(C)C(O[Si](C)(C)C(C)(C)C)[C@@H]3O2)OC1=O. The van der Waals surface area contributed by atoms with E-state index in [0.29, 0.717) is 23.8 Å².